The predicted molar refractivity (Wildman–Crippen MR) is 100 cm³/mol. The van der Waals surface area contributed by atoms with Crippen molar-refractivity contribution in [1.29, 1.82) is 0 Å². The van der Waals surface area contributed by atoms with Gasteiger partial charge in [0.1, 0.15) is 0 Å². The van der Waals surface area contributed by atoms with Gasteiger partial charge in [-0.05, 0) is 49.7 Å². The van der Waals surface area contributed by atoms with Gasteiger partial charge in [-0.3, -0.25) is 9.59 Å². The molecular formula is C19H30N2O2S. The molecule has 0 saturated heterocycles. The summed E-state index contributed by atoms with van der Waals surface area (Å²) in [5, 5.41) is 3.71. The fraction of sp³-hybridized carbons (Fsp3) is 0.684. The van der Waals surface area contributed by atoms with Gasteiger partial charge in [0, 0.05) is 19.0 Å². The van der Waals surface area contributed by atoms with Crippen molar-refractivity contribution in [2.24, 2.45) is 17.8 Å². The average Bonchev–Trinajstić information content (AvgIpc) is 3.26. The van der Waals surface area contributed by atoms with Gasteiger partial charge in [0.05, 0.1) is 9.88 Å². The van der Waals surface area contributed by atoms with Crippen LogP contribution in [0.1, 0.15) is 63.0 Å². The zero-order valence-electron chi connectivity index (χ0n) is 15.3. The van der Waals surface area contributed by atoms with E-state index in [1.807, 2.05) is 17.0 Å². The highest BCUT2D eigenvalue weighted by Gasteiger charge is 2.30. The summed E-state index contributed by atoms with van der Waals surface area (Å²) < 4.78 is 0. The molecule has 1 aromatic heterocycles. The molecule has 2 rings (SSSR count). The third-order valence-electron chi connectivity index (χ3n) is 4.25. The number of nitrogens with one attached hydrogen (secondary N) is 1. The molecule has 134 valence electrons. The highest BCUT2D eigenvalue weighted by atomic mass is 32.1. The van der Waals surface area contributed by atoms with E-state index in [0.29, 0.717) is 16.7 Å². The van der Waals surface area contributed by atoms with Crippen LogP contribution in [0.2, 0.25) is 0 Å². The smallest absolute Gasteiger partial charge is 0.263 e. The lowest BCUT2D eigenvalue weighted by Crippen LogP contribution is -2.33. The molecule has 1 N–H and O–H groups in total. The van der Waals surface area contributed by atoms with Crippen molar-refractivity contribution in [3.05, 3.63) is 17.0 Å². The Hall–Kier alpha value is -1.36. The number of carbonyl (C=O) groups is 2. The van der Waals surface area contributed by atoms with Gasteiger partial charge in [0.15, 0.2) is 0 Å². The van der Waals surface area contributed by atoms with Crippen LogP contribution in [0.25, 0.3) is 0 Å². The Labute approximate surface area is 149 Å². The minimum atomic E-state index is 0.0901. The molecule has 5 heteroatoms. The van der Waals surface area contributed by atoms with Gasteiger partial charge in [-0.15, -0.1) is 11.3 Å². The van der Waals surface area contributed by atoms with Crippen LogP contribution < -0.4 is 5.32 Å². The molecule has 0 spiro atoms. The normalized spacial score (nSPS) is 14.2. The number of rotatable bonds is 9. The van der Waals surface area contributed by atoms with E-state index in [1.165, 1.54) is 11.3 Å². The number of amides is 2. The van der Waals surface area contributed by atoms with Crippen LogP contribution in [0.3, 0.4) is 0 Å². The first kappa shape index (κ1) is 19.0. The standard InChI is InChI=1S/C19H30N2O2S/c1-13(2)9-11-21(12-10-14(3)4)19(23)16-7-8-17(24-16)20-18(22)15-5-6-15/h7-8,13-15H,5-6,9-12H2,1-4H3,(H,20,22). The summed E-state index contributed by atoms with van der Waals surface area (Å²) in [6.45, 7) is 10.3. The molecule has 1 fully saturated rings. The first-order valence-corrected chi connectivity index (χ1v) is 9.88. The van der Waals surface area contributed by atoms with Crippen molar-refractivity contribution in [3.63, 3.8) is 0 Å². The zero-order valence-corrected chi connectivity index (χ0v) is 16.1. The fourth-order valence-electron chi connectivity index (χ4n) is 2.39. The molecule has 0 unspecified atom stereocenters. The van der Waals surface area contributed by atoms with Crippen LogP contribution in [0.15, 0.2) is 12.1 Å². The Bertz CT molecular complexity index is 549. The second kappa shape index (κ2) is 8.65. The van der Waals surface area contributed by atoms with Gasteiger partial charge >= 0.3 is 0 Å². The Balaban J connectivity index is 1.98. The fourth-order valence-corrected chi connectivity index (χ4v) is 3.26. The number of anilines is 1. The lowest BCUT2D eigenvalue weighted by molar-refractivity contribution is -0.117. The first-order valence-electron chi connectivity index (χ1n) is 9.06. The topological polar surface area (TPSA) is 49.4 Å². The molecule has 2 amide bonds. The third kappa shape index (κ3) is 5.93. The molecule has 0 aromatic carbocycles. The monoisotopic (exact) mass is 350 g/mol. The Morgan fingerprint density at radius 2 is 1.71 bits per heavy atom. The van der Waals surface area contributed by atoms with Gasteiger partial charge in [0.25, 0.3) is 5.91 Å². The van der Waals surface area contributed by atoms with E-state index in [2.05, 4.69) is 33.0 Å². The number of hydrogen-bond donors (Lipinski definition) is 1. The molecular weight excluding hydrogens is 320 g/mol. The number of nitrogens with zero attached hydrogens (tertiary/aromatic N) is 1. The van der Waals surface area contributed by atoms with Crippen molar-refractivity contribution in [2.75, 3.05) is 18.4 Å². The van der Waals surface area contributed by atoms with Crippen molar-refractivity contribution in [1.82, 2.24) is 4.90 Å². The molecule has 0 radical (unpaired) electrons. The molecule has 1 saturated carbocycles. The van der Waals surface area contributed by atoms with Gasteiger partial charge in [0.2, 0.25) is 5.91 Å². The summed E-state index contributed by atoms with van der Waals surface area (Å²) in [6.07, 6.45) is 4.00. The predicted octanol–water partition coefficient (Wildman–Crippen LogP) is 4.63. The Morgan fingerprint density at radius 3 is 2.21 bits per heavy atom. The molecule has 1 aliphatic carbocycles. The van der Waals surface area contributed by atoms with Crippen molar-refractivity contribution < 1.29 is 9.59 Å². The highest BCUT2D eigenvalue weighted by molar-refractivity contribution is 7.18. The van der Waals surface area contributed by atoms with Crippen molar-refractivity contribution in [2.45, 2.75) is 53.4 Å². The first-order chi connectivity index (χ1) is 11.4. The van der Waals surface area contributed by atoms with Gasteiger partial charge in [-0.2, -0.15) is 0 Å². The van der Waals surface area contributed by atoms with E-state index in [0.717, 1.165) is 43.8 Å². The highest BCUT2D eigenvalue weighted by Crippen LogP contribution is 2.32. The molecule has 4 nitrogen and oxygen atoms in total. The van der Waals surface area contributed by atoms with E-state index in [-0.39, 0.29) is 17.7 Å². The van der Waals surface area contributed by atoms with E-state index < -0.39 is 0 Å². The summed E-state index contributed by atoms with van der Waals surface area (Å²) in [5.41, 5.74) is 0. The van der Waals surface area contributed by atoms with Crippen LogP contribution in [-0.4, -0.2) is 29.8 Å². The van der Waals surface area contributed by atoms with Crippen LogP contribution in [0, 0.1) is 17.8 Å². The maximum atomic E-state index is 12.8. The molecule has 1 aromatic rings. The van der Waals surface area contributed by atoms with Gasteiger partial charge in [-0.1, -0.05) is 27.7 Å². The van der Waals surface area contributed by atoms with E-state index in [1.54, 1.807) is 0 Å². The summed E-state index contributed by atoms with van der Waals surface area (Å²) in [5.74, 6) is 1.52. The lowest BCUT2D eigenvalue weighted by atomic mass is 10.1. The Morgan fingerprint density at radius 1 is 1.12 bits per heavy atom. The van der Waals surface area contributed by atoms with E-state index in [4.69, 9.17) is 0 Å². The summed E-state index contributed by atoms with van der Waals surface area (Å²) >= 11 is 1.39. The quantitative estimate of drug-likeness (QED) is 0.706. The summed E-state index contributed by atoms with van der Waals surface area (Å²) in [4.78, 5) is 27.4. The summed E-state index contributed by atoms with van der Waals surface area (Å²) in [6, 6.07) is 3.69. The zero-order chi connectivity index (χ0) is 17.7. The maximum absolute atomic E-state index is 12.8. The van der Waals surface area contributed by atoms with E-state index in [9.17, 15) is 9.59 Å². The largest absolute Gasteiger partial charge is 0.338 e. The van der Waals surface area contributed by atoms with Crippen LogP contribution in [-0.2, 0) is 4.79 Å². The van der Waals surface area contributed by atoms with E-state index >= 15 is 0 Å². The van der Waals surface area contributed by atoms with Crippen LogP contribution >= 0.6 is 11.3 Å². The minimum absolute atomic E-state index is 0.0901. The second-order valence-corrected chi connectivity index (χ2v) is 8.67. The third-order valence-corrected chi connectivity index (χ3v) is 5.24. The van der Waals surface area contributed by atoms with Crippen LogP contribution in [0.4, 0.5) is 5.00 Å². The average molecular weight is 351 g/mol. The van der Waals surface area contributed by atoms with Gasteiger partial charge < -0.3 is 10.2 Å². The minimum Gasteiger partial charge on any atom is -0.338 e. The Kier molecular flexibility index (Phi) is 6.84. The van der Waals surface area contributed by atoms with Crippen LogP contribution in [0.5, 0.6) is 0 Å². The second-order valence-electron chi connectivity index (χ2n) is 7.58. The van der Waals surface area contributed by atoms with Gasteiger partial charge in [-0.25, -0.2) is 0 Å². The molecule has 1 heterocycles. The lowest BCUT2D eigenvalue weighted by Gasteiger charge is -2.24. The molecule has 0 bridgehead atoms. The summed E-state index contributed by atoms with van der Waals surface area (Å²) in [7, 11) is 0. The van der Waals surface area contributed by atoms with Crippen molar-refractivity contribution >= 4 is 28.2 Å². The number of hydrogen-bond acceptors (Lipinski definition) is 3. The SMILES string of the molecule is CC(C)CCN(CCC(C)C)C(=O)c1ccc(NC(=O)C2CC2)s1. The molecule has 0 aliphatic heterocycles. The maximum Gasteiger partial charge on any atom is 0.263 e. The number of carbonyl (C=O) groups excluding carboxylic acids is 2. The molecule has 0 atom stereocenters. The molecule has 24 heavy (non-hydrogen) atoms. The number of thiophene rings is 1. The van der Waals surface area contributed by atoms with Crippen molar-refractivity contribution in [3.8, 4) is 0 Å². The molecule has 1 aliphatic rings.